The fraction of sp³-hybridized carbons (Fsp3) is 0.351. The molecule has 5 heterocycles. The van der Waals surface area contributed by atoms with Crippen molar-refractivity contribution in [1.82, 2.24) is 24.4 Å². The highest BCUT2D eigenvalue weighted by Crippen LogP contribution is 2.30. The van der Waals surface area contributed by atoms with Crippen LogP contribution in [0.25, 0.3) is 11.0 Å². The standard InChI is InChI=1S/C37H38ClFN6O3/c1-23-16-24(2)36(40-19-23)37(46)41-28-8-9-33-32(18-28)42-34(45(33)20-29-12-15-47-29)21-44-13-10-25(11-14-44)31-4-3-5-35(43-31)48-22-26-6-7-27(38)17-30(26)39/h3-9,16-19,25,29H,10-15,20-22H2,1-2H3,(H,41,46)/t29-/m0/s1. The summed E-state index contributed by atoms with van der Waals surface area (Å²) in [7, 11) is 0. The van der Waals surface area contributed by atoms with Crippen molar-refractivity contribution >= 4 is 34.2 Å². The number of anilines is 1. The zero-order valence-electron chi connectivity index (χ0n) is 27.1. The molecule has 11 heteroatoms. The van der Waals surface area contributed by atoms with Crippen LogP contribution in [-0.2, 0) is 24.4 Å². The molecule has 9 nitrogen and oxygen atoms in total. The van der Waals surface area contributed by atoms with Crippen LogP contribution in [0.1, 0.15) is 63.9 Å². The second kappa shape index (κ2) is 14.0. The van der Waals surface area contributed by atoms with E-state index in [0.29, 0.717) is 40.3 Å². The van der Waals surface area contributed by atoms with Gasteiger partial charge in [0, 0.05) is 46.8 Å². The topological polar surface area (TPSA) is 94.4 Å². The lowest BCUT2D eigenvalue weighted by atomic mass is 9.93. The molecule has 0 spiro atoms. The fourth-order valence-electron chi connectivity index (χ4n) is 6.47. The van der Waals surface area contributed by atoms with Crippen LogP contribution in [0.4, 0.5) is 10.1 Å². The summed E-state index contributed by atoms with van der Waals surface area (Å²) >= 11 is 5.88. The molecule has 2 aliphatic heterocycles. The number of fused-ring (bicyclic) bond motifs is 1. The molecule has 0 saturated carbocycles. The maximum absolute atomic E-state index is 14.2. The average molecular weight is 669 g/mol. The summed E-state index contributed by atoms with van der Waals surface area (Å²) in [5, 5.41) is 3.36. The number of aryl methyl sites for hydroxylation is 2. The molecule has 2 saturated heterocycles. The molecular weight excluding hydrogens is 631 g/mol. The molecule has 0 radical (unpaired) electrons. The van der Waals surface area contributed by atoms with Crippen LogP contribution in [0.2, 0.25) is 5.02 Å². The molecule has 48 heavy (non-hydrogen) atoms. The summed E-state index contributed by atoms with van der Waals surface area (Å²) in [5.41, 5.74) is 6.25. The van der Waals surface area contributed by atoms with Crippen LogP contribution in [0.5, 0.6) is 5.88 Å². The molecule has 0 unspecified atom stereocenters. The van der Waals surface area contributed by atoms with Crippen LogP contribution in [0.3, 0.4) is 0 Å². The maximum Gasteiger partial charge on any atom is 0.274 e. The van der Waals surface area contributed by atoms with Gasteiger partial charge >= 0.3 is 0 Å². The Balaban J connectivity index is 1.01. The summed E-state index contributed by atoms with van der Waals surface area (Å²) in [5.74, 6) is 1.15. The summed E-state index contributed by atoms with van der Waals surface area (Å²) in [6.07, 6.45) is 4.83. The minimum absolute atomic E-state index is 0.0856. The number of aromatic nitrogens is 4. The predicted molar refractivity (Wildman–Crippen MR) is 183 cm³/mol. The van der Waals surface area contributed by atoms with Crippen molar-refractivity contribution < 1.29 is 18.7 Å². The van der Waals surface area contributed by atoms with Gasteiger partial charge in [0.2, 0.25) is 5.88 Å². The van der Waals surface area contributed by atoms with Crippen molar-refractivity contribution in [1.29, 1.82) is 0 Å². The number of piperidine rings is 1. The van der Waals surface area contributed by atoms with Gasteiger partial charge in [-0.2, -0.15) is 0 Å². The summed E-state index contributed by atoms with van der Waals surface area (Å²) in [4.78, 5) is 29.6. The van der Waals surface area contributed by atoms with Gasteiger partial charge in [0.05, 0.1) is 30.2 Å². The summed E-state index contributed by atoms with van der Waals surface area (Å²) in [6.45, 7) is 8.00. The zero-order valence-corrected chi connectivity index (χ0v) is 27.8. The molecule has 3 aromatic heterocycles. The number of amides is 1. The van der Waals surface area contributed by atoms with Gasteiger partial charge in [0.15, 0.2) is 0 Å². The number of carbonyl (C=O) groups excluding carboxylic acids is 1. The van der Waals surface area contributed by atoms with Gasteiger partial charge in [0.25, 0.3) is 5.91 Å². The zero-order chi connectivity index (χ0) is 33.2. The van der Waals surface area contributed by atoms with Crippen LogP contribution in [0, 0.1) is 19.7 Å². The molecule has 2 aromatic carbocycles. The van der Waals surface area contributed by atoms with E-state index >= 15 is 0 Å². The molecule has 248 valence electrons. The number of benzene rings is 2. The van der Waals surface area contributed by atoms with Crippen LogP contribution in [-0.4, -0.2) is 56.1 Å². The molecular formula is C37H38ClFN6O3. The number of likely N-dealkylation sites (tertiary alicyclic amines) is 1. The van der Waals surface area contributed by atoms with Crippen molar-refractivity contribution in [2.24, 2.45) is 0 Å². The van der Waals surface area contributed by atoms with E-state index in [1.54, 1.807) is 24.4 Å². The van der Waals surface area contributed by atoms with Crippen LogP contribution < -0.4 is 10.1 Å². The van der Waals surface area contributed by atoms with E-state index < -0.39 is 5.82 Å². The third kappa shape index (κ3) is 7.21. The number of imidazole rings is 1. The van der Waals surface area contributed by atoms with Crippen molar-refractivity contribution in [3.05, 3.63) is 112 Å². The first-order chi connectivity index (χ1) is 23.3. The number of carbonyl (C=O) groups is 1. The first-order valence-electron chi connectivity index (χ1n) is 16.4. The molecule has 1 N–H and O–H groups in total. The molecule has 1 amide bonds. The minimum Gasteiger partial charge on any atom is -0.473 e. The van der Waals surface area contributed by atoms with Crippen molar-refractivity contribution in [3.8, 4) is 5.88 Å². The molecule has 5 aromatic rings. The first kappa shape index (κ1) is 32.2. The summed E-state index contributed by atoms with van der Waals surface area (Å²) < 4.78 is 28.1. The van der Waals surface area contributed by atoms with Crippen molar-refractivity contribution in [2.75, 3.05) is 25.0 Å². The number of nitrogens with one attached hydrogen (secondary N) is 1. The minimum atomic E-state index is -0.391. The van der Waals surface area contributed by atoms with E-state index in [1.165, 1.54) is 6.07 Å². The van der Waals surface area contributed by atoms with Gasteiger partial charge < -0.3 is 19.4 Å². The molecule has 0 bridgehead atoms. The van der Waals surface area contributed by atoms with Crippen molar-refractivity contribution in [2.45, 2.75) is 64.8 Å². The lowest BCUT2D eigenvalue weighted by Crippen LogP contribution is -2.35. The molecule has 2 fully saturated rings. The highest BCUT2D eigenvalue weighted by Gasteiger charge is 2.26. The van der Waals surface area contributed by atoms with Crippen LogP contribution in [0.15, 0.2) is 66.9 Å². The third-order valence-electron chi connectivity index (χ3n) is 9.20. The van der Waals surface area contributed by atoms with Gasteiger partial charge in [-0.3, -0.25) is 14.7 Å². The fourth-order valence-corrected chi connectivity index (χ4v) is 6.63. The Morgan fingerprint density at radius 3 is 2.65 bits per heavy atom. The lowest BCUT2D eigenvalue weighted by Gasteiger charge is -2.32. The lowest BCUT2D eigenvalue weighted by molar-refractivity contribution is -0.0592. The third-order valence-corrected chi connectivity index (χ3v) is 9.44. The number of pyridine rings is 2. The SMILES string of the molecule is Cc1cnc(C(=O)Nc2ccc3c(c2)nc(CN2CCC(c4cccc(OCc5ccc(Cl)cc5F)n4)CC2)n3C[C@@H]2CCO2)c(C)c1. The van der Waals surface area contributed by atoms with Gasteiger partial charge in [-0.15, -0.1) is 0 Å². The number of rotatable bonds is 10. The second-order valence-corrected chi connectivity index (χ2v) is 13.2. The van der Waals surface area contributed by atoms with Crippen molar-refractivity contribution in [3.63, 3.8) is 0 Å². The Labute approximate surface area is 284 Å². The highest BCUT2D eigenvalue weighted by atomic mass is 35.5. The normalized spacial score (nSPS) is 17.0. The molecule has 2 aliphatic rings. The van der Waals surface area contributed by atoms with E-state index in [1.807, 2.05) is 50.2 Å². The smallest absolute Gasteiger partial charge is 0.274 e. The number of hydrogen-bond donors (Lipinski definition) is 1. The predicted octanol–water partition coefficient (Wildman–Crippen LogP) is 7.24. The van der Waals surface area contributed by atoms with E-state index in [9.17, 15) is 9.18 Å². The number of halogens is 2. The Morgan fingerprint density at radius 1 is 1.06 bits per heavy atom. The maximum atomic E-state index is 14.2. The quantitative estimate of drug-likeness (QED) is 0.168. The number of ether oxygens (including phenoxy) is 2. The molecule has 1 atom stereocenters. The average Bonchev–Trinajstić information content (AvgIpc) is 3.38. The van der Waals surface area contributed by atoms with E-state index in [0.717, 1.165) is 79.2 Å². The van der Waals surface area contributed by atoms with Gasteiger partial charge in [-0.05, 0) is 93.7 Å². The Kier molecular flexibility index (Phi) is 9.39. The highest BCUT2D eigenvalue weighted by molar-refractivity contribution is 6.30. The van der Waals surface area contributed by atoms with Gasteiger partial charge in [-0.1, -0.05) is 29.8 Å². The van der Waals surface area contributed by atoms with E-state index in [-0.39, 0.29) is 18.6 Å². The molecule has 0 aliphatic carbocycles. The van der Waals surface area contributed by atoms with Crippen LogP contribution >= 0.6 is 11.6 Å². The number of nitrogens with zero attached hydrogens (tertiary/aromatic N) is 5. The van der Waals surface area contributed by atoms with E-state index in [4.69, 9.17) is 31.0 Å². The Bertz CT molecular complexity index is 1950. The Morgan fingerprint density at radius 2 is 1.90 bits per heavy atom. The van der Waals surface area contributed by atoms with Gasteiger partial charge in [0.1, 0.15) is 23.9 Å². The summed E-state index contributed by atoms with van der Waals surface area (Å²) in [6, 6.07) is 18.2. The van der Waals surface area contributed by atoms with E-state index in [2.05, 4.69) is 19.8 Å². The first-order valence-corrected chi connectivity index (χ1v) is 16.8. The molecule has 7 rings (SSSR count). The second-order valence-electron chi connectivity index (χ2n) is 12.7. The number of hydrogen-bond acceptors (Lipinski definition) is 7. The monoisotopic (exact) mass is 668 g/mol. The largest absolute Gasteiger partial charge is 0.473 e. The van der Waals surface area contributed by atoms with Gasteiger partial charge in [-0.25, -0.2) is 14.4 Å². The Hall–Kier alpha value is -4.38.